The molecule has 7 heteroatoms. The van der Waals surface area contributed by atoms with E-state index < -0.39 is 6.04 Å². The molecule has 0 aromatic heterocycles. The Hall–Kier alpha value is -1.50. The number of thioether (sulfide) groups is 1. The molecular weight excluding hydrogens is 314 g/mol. The molecule has 0 aliphatic carbocycles. The average Bonchev–Trinajstić information content (AvgIpc) is 2.99. The lowest BCUT2D eigenvalue weighted by molar-refractivity contribution is -0.135. The third-order valence-electron chi connectivity index (χ3n) is 3.54. The number of amides is 3. The minimum absolute atomic E-state index is 0.0344. The molecule has 1 aliphatic heterocycles. The maximum absolute atomic E-state index is 12.4. The van der Waals surface area contributed by atoms with Crippen LogP contribution in [0.15, 0.2) is 11.6 Å². The van der Waals surface area contributed by atoms with E-state index in [1.165, 1.54) is 0 Å². The van der Waals surface area contributed by atoms with Crippen LogP contribution in [0.25, 0.3) is 0 Å². The third kappa shape index (κ3) is 5.89. The van der Waals surface area contributed by atoms with Crippen LogP contribution in [0.3, 0.4) is 0 Å². The predicted octanol–water partition coefficient (Wildman–Crippen LogP) is 1.13. The third-order valence-corrected chi connectivity index (χ3v) is 4.55. The Labute approximate surface area is 142 Å². The Morgan fingerprint density at radius 2 is 1.91 bits per heavy atom. The van der Waals surface area contributed by atoms with E-state index in [0.717, 1.165) is 6.42 Å². The maximum Gasteiger partial charge on any atom is 0.250 e. The summed E-state index contributed by atoms with van der Waals surface area (Å²) in [6, 6.07) is -0.437. The van der Waals surface area contributed by atoms with Crippen molar-refractivity contribution >= 4 is 29.5 Å². The molecule has 0 bridgehead atoms. The van der Waals surface area contributed by atoms with Gasteiger partial charge in [-0.15, -0.1) is 11.8 Å². The molecule has 1 fully saturated rings. The van der Waals surface area contributed by atoms with Gasteiger partial charge in [-0.05, 0) is 13.3 Å². The van der Waals surface area contributed by atoms with E-state index in [2.05, 4.69) is 10.6 Å². The summed E-state index contributed by atoms with van der Waals surface area (Å²) in [5.74, 6) is 0.799. The molecule has 6 nitrogen and oxygen atoms in total. The normalized spacial score (nSPS) is 18.2. The molecule has 1 saturated heterocycles. The lowest BCUT2D eigenvalue weighted by atomic mass is 10.2. The molecule has 0 saturated carbocycles. The van der Waals surface area contributed by atoms with E-state index in [0.29, 0.717) is 30.3 Å². The van der Waals surface area contributed by atoms with Gasteiger partial charge in [0.1, 0.15) is 6.04 Å². The first-order valence-corrected chi connectivity index (χ1v) is 9.14. The van der Waals surface area contributed by atoms with Gasteiger partial charge in [0.2, 0.25) is 11.8 Å². The fourth-order valence-electron chi connectivity index (χ4n) is 2.17. The summed E-state index contributed by atoms with van der Waals surface area (Å²) in [7, 11) is 0. The van der Waals surface area contributed by atoms with Gasteiger partial charge in [0.25, 0.3) is 5.91 Å². The SMILES string of the molecule is CC/C=C(\C)C(=O)N1CSC[C@H]1C(=O)NCCNC(=O)C(C)C. The molecule has 0 spiro atoms. The summed E-state index contributed by atoms with van der Waals surface area (Å²) in [6.07, 6.45) is 2.67. The first-order valence-electron chi connectivity index (χ1n) is 7.99. The van der Waals surface area contributed by atoms with Crippen molar-refractivity contribution in [2.45, 2.75) is 40.2 Å². The summed E-state index contributed by atoms with van der Waals surface area (Å²) < 4.78 is 0. The molecular formula is C16H27N3O3S. The van der Waals surface area contributed by atoms with Gasteiger partial charge in [0, 0.05) is 30.3 Å². The summed E-state index contributed by atoms with van der Waals surface area (Å²) in [6.45, 7) is 8.16. The molecule has 1 rings (SSSR count). The van der Waals surface area contributed by atoms with E-state index in [9.17, 15) is 14.4 Å². The monoisotopic (exact) mass is 341 g/mol. The van der Waals surface area contributed by atoms with Gasteiger partial charge < -0.3 is 15.5 Å². The van der Waals surface area contributed by atoms with E-state index in [1.54, 1.807) is 23.6 Å². The molecule has 1 heterocycles. The molecule has 0 radical (unpaired) electrons. The number of nitrogens with zero attached hydrogens (tertiary/aromatic N) is 1. The number of nitrogens with one attached hydrogen (secondary N) is 2. The van der Waals surface area contributed by atoms with Gasteiger partial charge in [0.15, 0.2) is 0 Å². The van der Waals surface area contributed by atoms with Crippen molar-refractivity contribution in [1.82, 2.24) is 15.5 Å². The van der Waals surface area contributed by atoms with Gasteiger partial charge in [-0.1, -0.05) is 26.8 Å². The molecule has 0 aromatic rings. The van der Waals surface area contributed by atoms with Crippen LogP contribution in [0.1, 0.15) is 34.1 Å². The van der Waals surface area contributed by atoms with Crippen LogP contribution in [0.4, 0.5) is 0 Å². The van der Waals surface area contributed by atoms with E-state index in [1.807, 2.05) is 26.8 Å². The quantitative estimate of drug-likeness (QED) is 0.537. The van der Waals surface area contributed by atoms with Crippen LogP contribution in [-0.4, -0.2) is 53.4 Å². The van der Waals surface area contributed by atoms with Crippen LogP contribution in [-0.2, 0) is 14.4 Å². The van der Waals surface area contributed by atoms with Crippen molar-refractivity contribution in [3.8, 4) is 0 Å². The number of hydrogen-bond donors (Lipinski definition) is 2. The summed E-state index contributed by atoms with van der Waals surface area (Å²) in [5, 5.41) is 5.54. The van der Waals surface area contributed by atoms with Crippen LogP contribution >= 0.6 is 11.8 Å². The van der Waals surface area contributed by atoms with Crippen molar-refractivity contribution < 1.29 is 14.4 Å². The molecule has 3 amide bonds. The zero-order valence-corrected chi connectivity index (χ0v) is 15.2. The standard InChI is InChI=1S/C16H27N3O3S/c1-5-6-12(4)16(22)19-10-23-9-13(19)15(21)18-8-7-17-14(20)11(2)3/h6,11,13H,5,7-10H2,1-4H3,(H,17,20)(H,18,21)/b12-6+/t13-/m0/s1. The molecule has 130 valence electrons. The molecule has 2 N–H and O–H groups in total. The van der Waals surface area contributed by atoms with Gasteiger partial charge >= 0.3 is 0 Å². The summed E-state index contributed by atoms with van der Waals surface area (Å²) >= 11 is 1.58. The predicted molar refractivity (Wildman–Crippen MR) is 92.9 cm³/mol. The zero-order chi connectivity index (χ0) is 17.4. The van der Waals surface area contributed by atoms with Crippen LogP contribution in [0, 0.1) is 5.92 Å². The summed E-state index contributed by atoms with van der Waals surface area (Å²) in [4.78, 5) is 37.7. The maximum atomic E-state index is 12.4. The second kappa shape index (κ2) is 9.60. The Morgan fingerprint density at radius 1 is 1.26 bits per heavy atom. The van der Waals surface area contributed by atoms with Gasteiger partial charge in [-0.2, -0.15) is 0 Å². The molecule has 23 heavy (non-hydrogen) atoms. The minimum atomic E-state index is -0.437. The number of carbonyl (C=O) groups excluding carboxylic acids is 3. The van der Waals surface area contributed by atoms with Crippen molar-refractivity contribution in [1.29, 1.82) is 0 Å². The first-order chi connectivity index (χ1) is 10.9. The first kappa shape index (κ1) is 19.5. The van der Waals surface area contributed by atoms with E-state index in [4.69, 9.17) is 0 Å². The Morgan fingerprint density at radius 3 is 2.52 bits per heavy atom. The lowest BCUT2D eigenvalue weighted by Crippen LogP contribution is -2.49. The smallest absolute Gasteiger partial charge is 0.250 e. The number of rotatable bonds is 7. The second-order valence-corrected chi connectivity index (χ2v) is 6.82. The van der Waals surface area contributed by atoms with E-state index in [-0.39, 0.29) is 23.6 Å². The van der Waals surface area contributed by atoms with Crippen LogP contribution < -0.4 is 10.6 Å². The van der Waals surface area contributed by atoms with Gasteiger partial charge in [-0.3, -0.25) is 14.4 Å². The highest BCUT2D eigenvalue weighted by atomic mass is 32.2. The van der Waals surface area contributed by atoms with Crippen molar-refractivity contribution in [2.24, 2.45) is 5.92 Å². The highest BCUT2D eigenvalue weighted by Gasteiger charge is 2.34. The molecule has 0 aromatic carbocycles. The Balaban J connectivity index is 2.47. The minimum Gasteiger partial charge on any atom is -0.354 e. The lowest BCUT2D eigenvalue weighted by Gasteiger charge is -2.23. The van der Waals surface area contributed by atoms with Crippen molar-refractivity contribution in [2.75, 3.05) is 24.7 Å². The average molecular weight is 341 g/mol. The molecule has 1 aliphatic rings. The highest BCUT2D eigenvalue weighted by molar-refractivity contribution is 7.99. The Kier molecular flexibility index (Phi) is 8.16. The largest absolute Gasteiger partial charge is 0.354 e. The fraction of sp³-hybridized carbons (Fsp3) is 0.688. The topological polar surface area (TPSA) is 78.5 Å². The summed E-state index contributed by atoms with van der Waals surface area (Å²) in [5.41, 5.74) is 0.678. The van der Waals surface area contributed by atoms with E-state index >= 15 is 0 Å². The number of hydrogen-bond acceptors (Lipinski definition) is 4. The number of allylic oxidation sites excluding steroid dienone is 1. The van der Waals surface area contributed by atoms with Crippen molar-refractivity contribution in [3.05, 3.63) is 11.6 Å². The number of carbonyl (C=O) groups is 3. The van der Waals surface area contributed by atoms with Crippen LogP contribution in [0.2, 0.25) is 0 Å². The highest BCUT2D eigenvalue weighted by Crippen LogP contribution is 2.23. The molecule has 1 atom stereocenters. The van der Waals surface area contributed by atoms with Crippen molar-refractivity contribution in [3.63, 3.8) is 0 Å². The second-order valence-electron chi connectivity index (χ2n) is 5.82. The molecule has 0 unspecified atom stereocenters. The van der Waals surface area contributed by atoms with Gasteiger partial charge in [-0.25, -0.2) is 0 Å². The van der Waals surface area contributed by atoms with Gasteiger partial charge in [0.05, 0.1) is 5.88 Å². The zero-order valence-electron chi connectivity index (χ0n) is 14.3. The Bertz CT molecular complexity index is 477. The van der Waals surface area contributed by atoms with Crippen LogP contribution in [0.5, 0.6) is 0 Å². The fourth-order valence-corrected chi connectivity index (χ4v) is 3.33.